The summed E-state index contributed by atoms with van der Waals surface area (Å²) in [5, 5.41) is 6.38. The highest BCUT2D eigenvalue weighted by atomic mass is 16.5. The number of amides is 2. The second kappa shape index (κ2) is 7.48. The van der Waals surface area contributed by atoms with Crippen LogP contribution in [0.4, 0.5) is 0 Å². The molecule has 7 nitrogen and oxygen atoms in total. The summed E-state index contributed by atoms with van der Waals surface area (Å²) in [4.78, 5) is 26.3. The molecular weight excluding hydrogens is 322 g/mol. The van der Waals surface area contributed by atoms with E-state index in [-0.39, 0.29) is 30.3 Å². The molecule has 132 valence electrons. The number of aromatic nitrogens is 1. The number of ether oxygens (including phenoxy) is 1. The topological polar surface area (TPSA) is 84.7 Å². The molecule has 25 heavy (non-hydrogen) atoms. The van der Waals surface area contributed by atoms with Gasteiger partial charge in [-0.05, 0) is 13.8 Å². The van der Waals surface area contributed by atoms with E-state index in [0.717, 1.165) is 5.56 Å². The highest BCUT2D eigenvalue weighted by Crippen LogP contribution is 2.19. The van der Waals surface area contributed by atoms with Crippen molar-refractivity contribution in [3.8, 4) is 11.3 Å². The van der Waals surface area contributed by atoms with Crippen LogP contribution in [0.5, 0.6) is 0 Å². The minimum absolute atomic E-state index is 0.000164. The number of morpholine rings is 1. The van der Waals surface area contributed by atoms with Gasteiger partial charge in [-0.25, -0.2) is 0 Å². The van der Waals surface area contributed by atoms with E-state index in [0.29, 0.717) is 18.9 Å². The van der Waals surface area contributed by atoms with Gasteiger partial charge < -0.3 is 19.5 Å². The van der Waals surface area contributed by atoms with Crippen LogP contribution in [0.2, 0.25) is 0 Å². The summed E-state index contributed by atoms with van der Waals surface area (Å²) in [6.07, 6.45) is -0.000164. The molecule has 2 heterocycles. The van der Waals surface area contributed by atoms with Crippen molar-refractivity contribution in [2.24, 2.45) is 0 Å². The zero-order valence-corrected chi connectivity index (χ0v) is 14.3. The zero-order chi connectivity index (χ0) is 17.8. The van der Waals surface area contributed by atoms with Crippen LogP contribution in [-0.4, -0.2) is 53.7 Å². The Kier molecular flexibility index (Phi) is 5.14. The molecule has 1 fully saturated rings. The maximum absolute atomic E-state index is 12.3. The number of carbonyl (C=O) groups is 2. The molecule has 2 aromatic rings. The van der Waals surface area contributed by atoms with Crippen molar-refractivity contribution < 1.29 is 18.8 Å². The fourth-order valence-electron chi connectivity index (χ4n) is 2.72. The van der Waals surface area contributed by atoms with Crippen molar-refractivity contribution in [3.63, 3.8) is 0 Å². The van der Waals surface area contributed by atoms with Crippen LogP contribution in [0.25, 0.3) is 11.3 Å². The summed E-state index contributed by atoms with van der Waals surface area (Å²) in [5.74, 6) is -0.0660. The average Bonchev–Trinajstić information content (AvgIpc) is 3.12. The van der Waals surface area contributed by atoms with Crippen molar-refractivity contribution in [2.45, 2.75) is 26.0 Å². The maximum Gasteiger partial charge on any atom is 0.273 e. The van der Waals surface area contributed by atoms with Crippen LogP contribution in [0.3, 0.4) is 0 Å². The molecule has 0 saturated carbocycles. The molecule has 7 heteroatoms. The third-order valence-corrected chi connectivity index (χ3v) is 4.13. The fourth-order valence-corrected chi connectivity index (χ4v) is 2.72. The second-order valence-electron chi connectivity index (χ2n) is 6.16. The van der Waals surface area contributed by atoms with Crippen LogP contribution < -0.4 is 5.32 Å². The molecule has 1 aromatic carbocycles. The van der Waals surface area contributed by atoms with Gasteiger partial charge in [0.1, 0.15) is 0 Å². The summed E-state index contributed by atoms with van der Waals surface area (Å²) in [6, 6.07) is 10.9. The Balaban J connectivity index is 1.58. The molecule has 0 spiro atoms. The lowest BCUT2D eigenvalue weighted by molar-refractivity contribution is -0.142. The van der Waals surface area contributed by atoms with E-state index in [9.17, 15) is 9.59 Å². The lowest BCUT2D eigenvalue weighted by Crippen LogP contribution is -2.52. The number of nitrogens with one attached hydrogen (secondary N) is 1. The molecule has 2 amide bonds. The van der Waals surface area contributed by atoms with E-state index in [1.54, 1.807) is 11.0 Å². The van der Waals surface area contributed by atoms with Crippen LogP contribution in [0.1, 0.15) is 24.3 Å². The third-order valence-electron chi connectivity index (χ3n) is 4.13. The largest absolute Gasteiger partial charge is 0.375 e. The van der Waals surface area contributed by atoms with Gasteiger partial charge in [0.2, 0.25) is 5.91 Å². The standard InChI is InChI=1S/C18H21N3O4/c1-12-11-24-13(2)10-21(12)17(22)9-19-18(23)15-8-16(25-20-15)14-6-4-3-5-7-14/h3-8,12-13H,9-11H2,1-2H3,(H,19,23)/t12-,13+/m0/s1. The summed E-state index contributed by atoms with van der Waals surface area (Å²) >= 11 is 0. The highest BCUT2D eigenvalue weighted by molar-refractivity contribution is 5.95. The first-order valence-electron chi connectivity index (χ1n) is 8.26. The van der Waals surface area contributed by atoms with Gasteiger partial charge in [0.05, 0.1) is 25.3 Å². The van der Waals surface area contributed by atoms with E-state index in [1.165, 1.54) is 0 Å². The van der Waals surface area contributed by atoms with Gasteiger partial charge in [-0.1, -0.05) is 35.5 Å². The monoisotopic (exact) mass is 343 g/mol. The van der Waals surface area contributed by atoms with Crippen LogP contribution in [0, 0.1) is 0 Å². The van der Waals surface area contributed by atoms with Crippen molar-refractivity contribution in [1.82, 2.24) is 15.4 Å². The Bertz CT molecular complexity index is 744. The lowest BCUT2D eigenvalue weighted by atomic mass is 10.1. The first kappa shape index (κ1) is 17.2. The summed E-state index contributed by atoms with van der Waals surface area (Å²) in [7, 11) is 0. The Morgan fingerprint density at radius 2 is 2.04 bits per heavy atom. The van der Waals surface area contributed by atoms with Gasteiger partial charge in [-0.2, -0.15) is 0 Å². The van der Waals surface area contributed by atoms with E-state index in [2.05, 4.69) is 10.5 Å². The minimum atomic E-state index is -0.437. The lowest BCUT2D eigenvalue weighted by Gasteiger charge is -2.36. The SMILES string of the molecule is C[C@@H]1CN(C(=O)CNC(=O)c2cc(-c3ccccc3)on2)[C@@H](C)CO1. The van der Waals surface area contributed by atoms with Gasteiger partial charge in [0, 0.05) is 18.2 Å². The number of nitrogens with zero attached hydrogens (tertiary/aromatic N) is 2. The quantitative estimate of drug-likeness (QED) is 0.913. The average molecular weight is 343 g/mol. The van der Waals surface area contributed by atoms with Gasteiger partial charge in [-0.15, -0.1) is 0 Å². The molecule has 0 aliphatic carbocycles. The first-order chi connectivity index (χ1) is 12.0. The molecule has 1 aliphatic rings. The Labute approximate surface area is 145 Å². The normalized spacial score (nSPS) is 20.3. The van der Waals surface area contributed by atoms with E-state index < -0.39 is 5.91 Å². The molecular formula is C18H21N3O4. The van der Waals surface area contributed by atoms with E-state index in [4.69, 9.17) is 9.26 Å². The minimum Gasteiger partial charge on any atom is -0.375 e. The molecule has 0 bridgehead atoms. The van der Waals surface area contributed by atoms with Crippen molar-refractivity contribution in [1.29, 1.82) is 0 Å². The van der Waals surface area contributed by atoms with Gasteiger partial charge in [0.25, 0.3) is 5.91 Å². The van der Waals surface area contributed by atoms with Gasteiger partial charge in [0.15, 0.2) is 11.5 Å². The third kappa shape index (κ3) is 4.06. The van der Waals surface area contributed by atoms with Crippen molar-refractivity contribution in [3.05, 3.63) is 42.1 Å². The Morgan fingerprint density at radius 3 is 2.80 bits per heavy atom. The van der Waals surface area contributed by atoms with Gasteiger partial charge in [-0.3, -0.25) is 9.59 Å². The number of hydrogen-bond donors (Lipinski definition) is 1. The summed E-state index contributed by atoms with van der Waals surface area (Å²) < 4.78 is 10.7. The smallest absolute Gasteiger partial charge is 0.273 e. The van der Waals surface area contributed by atoms with Crippen LogP contribution >= 0.6 is 0 Å². The number of rotatable bonds is 4. The number of hydrogen-bond acceptors (Lipinski definition) is 5. The zero-order valence-electron chi connectivity index (χ0n) is 14.3. The highest BCUT2D eigenvalue weighted by Gasteiger charge is 2.27. The molecule has 1 saturated heterocycles. The number of benzene rings is 1. The molecule has 1 N–H and O–H groups in total. The predicted octanol–water partition coefficient (Wildman–Crippen LogP) is 1.71. The molecule has 2 atom stereocenters. The van der Waals surface area contributed by atoms with Crippen LogP contribution in [0.15, 0.2) is 40.9 Å². The number of carbonyl (C=O) groups excluding carboxylic acids is 2. The van der Waals surface area contributed by atoms with Crippen molar-refractivity contribution in [2.75, 3.05) is 19.7 Å². The Hall–Kier alpha value is -2.67. The fraction of sp³-hybridized carbons (Fsp3) is 0.389. The Morgan fingerprint density at radius 1 is 1.28 bits per heavy atom. The van der Waals surface area contributed by atoms with Gasteiger partial charge >= 0.3 is 0 Å². The predicted molar refractivity (Wildman–Crippen MR) is 90.9 cm³/mol. The molecule has 0 radical (unpaired) electrons. The molecule has 0 unspecified atom stereocenters. The van der Waals surface area contributed by atoms with Crippen molar-refractivity contribution >= 4 is 11.8 Å². The molecule has 1 aromatic heterocycles. The van der Waals surface area contributed by atoms with E-state index in [1.807, 2.05) is 44.2 Å². The molecule has 3 rings (SSSR count). The summed E-state index contributed by atoms with van der Waals surface area (Å²) in [6.45, 7) is 4.80. The first-order valence-corrected chi connectivity index (χ1v) is 8.26. The second-order valence-corrected chi connectivity index (χ2v) is 6.16. The van der Waals surface area contributed by atoms with Crippen LogP contribution in [-0.2, 0) is 9.53 Å². The molecule has 1 aliphatic heterocycles. The maximum atomic E-state index is 12.3. The van der Waals surface area contributed by atoms with E-state index >= 15 is 0 Å². The summed E-state index contributed by atoms with van der Waals surface area (Å²) in [5.41, 5.74) is 0.983.